The van der Waals surface area contributed by atoms with Crippen LogP contribution in [0.5, 0.6) is 0 Å². The Morgan fingerprint density at radius 2 is 1.84 bits per heavy atom. The normalized spacial score (nSPS) is 10.3. The molecular weight excluding hydrogens is 316 g/mol. The van der Waals surface area contributed by atoms with Crippen molar-refractivity contribution >= 4 is 23.1 Å². The molecule has 0 radical (unpaired) electrons. The predicted molar refractivity (Wildman–Crippen MR) is 93.6 cm³/mol. The van der Waals surface area contributed by atoms with Crippen LogP contribution < -0.4 is 10.6 Å². The third kappa shape index (κ3) is 4.54. The summed E-state index contributed by atoms with van der Waals surface area (Å²) in [7, 11) is 0. The average molecular weight is 330 g/mol. The number of nitrogens with one attached hydrogen (secondary N) is 2. The van der Waals surface area contributed by atoms with E-state index < -0.39 is 5.91 Å². The number of hydrogen-bond donors (Lipinski definition) is 2. The summed E-state index contributed by atoms with van der Waals surface area (Å²) in [6.07, 6.45) is 1.24. The first-order valence-electron chi connectivity index (χ1n) is 7.33. The maximum atomic E-state index is 12.2. The molecule has 0 saturated heterocycles. The number of Topliss-reactive ketones (excluding diaryl/α,β-unsaturated/α-hetero) is 1. The lowest BCUT2D eigenvalue weighted by Gasteiger charge is -2.07. The Kier molecular flexibility index (Phi) is 5.65. The van der Waals surface area contributed by atoms with Crippen molar-refractivity contribution in [1.82, 2.24) is 0 Å². The molecule has 0 aliphatic carbocycles. The topological polar surface area (TPSA) is 106 Å². The number of rotatable bonds is 5. The maximum Gasteiger partial charge on any atom is 0.267 e. The number of ketones is 1. The van der Waals surface area contributed by atoms with Crippen LogP contribution in [0.2, 0.25) is 0 Å². The van der Waals surface area contributed by atoms with Gasteiger partial charge in [-0.25, -0.2) is 0 Å². The molecule has 2 aromatic carbocycles. The molecule has 122 valence electrons. The zero-order valence-electron chi connectivity index (χ0n) is 13.4. The molecule has 6 heteroatoms. The predicted octanol–water partition coefficient (Wildman–Crippen LogP) is 3.22. The lowest BCUT2D eigenvalue weighted by atomic mass is 10.1. The van der Waals surface area contributed by atoms with Gasteiger partial charge in [0.15, 0.2) is 5.78 Å². The first kappa shape index (κ1) is 17.5. The number of carbonyl (C=O) groups excluding carboxylic acids is 2. The van der Waals surface area contributed by atoms with E-state index in [9.17, 15) is 14.9 Å². The Morgan fingerprint density at radius 1 is 1.08 bits per heavy atom. The van der Waals surface area contributed by atoms with E-state index in [0.717, 1.165) is 0 Å². The fourth-order valence-corrected chi connectivity index (χ4v) is 2.02. The van der Waals surface area contributed by atoms with E-state index in [-0.39, 0.29) is 11.4 Å². The van der Waals surface area contributed by atoms with Crippen molar-refractivity contribution in [2.24, 2.45) is 0 Å². The number of carbonyl (C=O) groups is 2. The highest BCUT2D eigenvalue weighted by molar-refractivity contribution is 6.07. The number of nitriles is 2. The lowest BCUT2D eigenvalue weighted by molar-refractivity contribution is -0.112. The first-order chi connectivity index (χ1) is 12.0. The minimum Gasteiger partial charge on any atom is -0.359 e. The Bertz CT molecular complexity index is 933. The van der Waals surface area contributed by atoms with E-state index in [1.54, 1.807) is 48.5 Å². The van der Waals surface area contributed by atoms with Crippen LogP contribution in [0.15, 0.2) is 60.3 Å². The molecular formula is C19H14N4O2. The number of amides is 1. The van der Waals surface area contributed by atoms with Crippen molar-refractivity contribution in [2.75, 3.05) is 10.6 Å². The van der Waals surface area contributed by atoms with Crippen molar-refractivity contribution in [1.29, 1.82) is 10.5 Å². The van der Waals surface area contributed by atoms with Crippen molar-refractivity contribution in [3.63, 3.8) is 0 Å². The Morgan fingerprint density at radius 3 is 2.52 bits per heavy atom. The second-order valence-corrected chi connectivity index (χ2v) is 5.06. The van der Waals surface area contributed by atoms with E-state index in [1.807, 2.05) is 6.07 Å². The number of para-hydroxylation sites is 1. The monoisotopic (exact) mass is 330 g/mol. The third-order valence-electron chi connectivity index (χ3n) is 3.31. The molecule has 0 aliphatic rings. The van der Waals surface area contributed by atoms with Crippen LogP contribution in [0.3, 0.4) is 0 Å². The molecule has 6 nitrogen and oxygen atoms in total. The van der Waals surface area contributed by atoms with Gasteiger partial charge in [0.25, 0.3) is 5.91 Å². The van der Waals surface area contributed by atoms with Gasteiger partial charge in [-0.05, 0) is 31.2 Å². The second-order valence-electron chi connectivity index (χ2n) is 5.06. The minimum absolute atomic E-state index is 0.123. The number of anilines is 2. The molecule has 2 N–H and O–H groups in total. The number of hydrogen-bond acceptors (Lipinski definition) is 5. The average Bonchev–Trinajstić information content (AvgIpc) is 2.62. The van der Waals surface area contributed by atoms with Gasteiger partial charge in [0.2, 0.25) is 0 Å². The first-order valence-corrected chi connectivity index (χ1v) is 7.33. The fourth-order valence-electron chi connectivity index (χ4n) is 2.02. The van der Waals surface area contributed by atoms with Gasteiger partial charge in [0.05, 0.1) is 11.3 Å². The molecule has 0 unspecified atom stereocenters. The molecule has 25 heavy (non-hydrogen) atoms. The van der Waals surface area contributed by atoms with Crippen LogP contribution in [0, 0.1) is 22.7 Å². The molecule has 0 spiro atoms. The molecule has 0 saturated carbocycles. The summed E-state index contributed by atoms with van der Waals surface area (Å²) in [5, 5.41) is 23.6. The summed E-state index contributed by atoms with van der Waals surface area (Å²) in [6, 6.07) is 17.0. The van der Waals surface area contributed by atoms with Gasteiger partial charge in [-0.1, -0.05) is 24.3 Å². The van der Waals surface area contributed by atoms with E-state index in [4.69, 9.17) is 5.26 Å². The molecule has 0 fully saturated rings. The summed E-state index contributed by atoms with van der Waals surface area (Å²) < 4.78 is 0. The van der Waals surface area contributed by atoms with E-state index in [1.165, 1.54) is 19.2 Å². The molecule has 0 aliphatic heterocycles. The van der Waals surface area contributed by atoms with Gasteiger partial charge in [-0.15, -0.1) is 0 Å². The molecule has 1 amide bonds. The molecule has 0 atom stereocenters. The molecule has 0 heterocycles. The van der Waals surface area contributed by atoms with Gasteiger partial charge < -0.3 is 10.6 Å². The van der Waals surface area contributed by atoms with Gasteiger partial charge >= 0.3 is 0 Å². The number of nitrogens with zero attached hydrogens (tertiary/aromatic N) is 2. The highest BCUT2D eigenvalue weighted by Crippen LogP contribution is 2.15. The zero-order chi connectivity index (χ0) is 18.2. The number of benzene rings is 2. The maximum absolute atomic E-state index is 12.2. The summed E-state index contributed by atoms with van der Waals surface area (Å²) >= 11 is 0. The third-order valence-corrected chi connectivity index (χ3v) is 3.31. The van der Waals surface area contributed by atoms with Gasteiger partial charge in [-0.3, -0.25) is 9.59 Å². The molecule has 2 rings (SSSR count). The Labute approximate surface area is 145 Å². The van der Waals surface area contributed by atoms with Crippen LogP contribution in [0.1, 0.15) is 22.8 Å². The summed E-state index contributed by atoms with van der Waals surface area (Å²) in [5.74, 6) is -0.743. The summed E-state index contributed by atoms with van der Waals surface area (Å²) in [5.41, 5.74) is 1.59. The van der Waals surface area contributed by atoms with Crippen LogP contribution in [0.25, 0.3) is 0 Å². The smallest absolute Gasteiger partial charge is 0.267 e. The van der Waals surface area contributed by atoms with Crippen molar-refractivity contribution in [2.45, 2.75) is 6.92 Å². The second kappa shape index (κ2) is 8.09. The molecule has 0 aromatic heterocycles. The highest BCUT2D eigenvalue weighted by Gasteiger charge is 2.10. The van der Waals surface area contributed by atoms with E-state index in [2.05, 4.69) is 10.6 Å². The fraction of sp³-hybridized carbons (Fsp3) is 0.0526. The Hall–Kier alpha value is -3.90. The standard InChI is InChI=1S/C19H14N4O2/c1-13(24)14-6-4-7-17(9-14)23-19(25)16(11-21)12-22-18-8-3-2-5-15(18)10-20/h2-9,12,22H,1H3,(H,23,25)/b16-12-. The quantitative estimate of drug-likeness (QED) is 0.497. The highest BCUT2D eigenvalue weighted by atomic mass is 16.1. The van der Waals surface area contributed by atoms with Crippen molar-refractivity contribution in [3.8, 4) is 12.1 Å². The summed E-state index contributed by atoms with van der Waals surface area (Å²) in [6.45, 7) is 1.43. The zero-order valence-corrected chi connectivity index (χ0v) is 13.4. The minimum atomic E-state index is -0.620. The molecule has 0 bridgehead atoms. The largest absolute Gasteiger partial charge is 0.359 e. The van der Waals surface area contributed by atoms with Crippen molar-refractivity contribution < 1.29 is 9.59 Å². The van der Waals surface area contributed by atoms with Gasteiger partial charge in [0, 0.05) is 17.5 Å². The molecule has 2 aromatic rings. The Balaban J connectivity index is 2.16. The van der Waals surface area contributed by atoms with Crippen LogP contribution >= 0.6 is 0 Å². The van der Waals surface area contributed by atoms with Crippen molar-refractivity contribution in [3.05, 3.63) is 71.4 Å². The van der Waals surface area contributed by atoms with Crippen LogP contribution in [-0.2, 0) is 4.79 Å². The van der Waals surface area contributed by atoms with Crippen LogP contribution in [-0.4, -0.2) is 11.7 Å². The summed E-state index contributed by atoms with van der Waals surface area (Å²) in [4.78, 5) is 23.6. The van der Waals surface area contributed by atoms with Crippen LogP contribution in [0.4, 0.5) is 11.4 Å². The van der Waals surface area contributed by atoms with Gasteiger partial charge in [-0.2, -0.15) is 10.5 Å². The van der Waals surface area contributed by atoms with E-state index in [0.29, 0.717) is 22.5 Å². The SMILES string of the molecule is CC(=O)c1cccc(NC(=O)/C(C#N)=C\Nc2ccccc2C#N)c1. The van der Waals surface area contributed by atoms with E-state index >= 15 is 0 Å². The lowest BCUT2D eigenvalue weighted by Crippen LogP contribution is -2.15. The van der Waals surface area contributed by atoms with Gasteiger partial charge in [0.1, 0.15) is 17.7 Å².